The maximum atomic E-state index is 12.4. The third-order valence-corrected chi connectivity index (χ3v) is 4.09. The van der Waals surface area contributed by atoms with Gasteiger partial charge in [-0.25, -0.2) is 0 Å². The molecule has 1 atom stereocenters. The second-order valence-electron chi connectivity index (χ2n) is 6.39. The van der Waals surface area contributed by atoms with Crippen LogP contribution in [0.15, 0.2) is 36.4 Å². The number of rotatable bonds is 9. The lowest BCUT2D eigenvalue weighted by atomic mass is 10.1. The number of hydrogen-bond acceptors (Lipinski definition) is 4. The van der Waals surface area contributed by atoms with Crippen LogP contribution in [0.2, 0.25) is 0 Å². The summed E-state index contributed by atoms with van der Waals surface area (Å²) in [6.07, 6.45) is -0.584. The van der Waals surface area contributed by atoms with Crippen molar-refractivity contribution < 1.29 is 19.0 Å². The summed E-state index contributed by atoms with van der Waals surface area (Å²) in [5.74, 6) is 1.96. The zero-order valence-electron chi connectivity index (χ0n) is 16.8. The van der Waals surface area contributed by atoms with Crippen molar-refractivity contribution >= 4 is 5.91 Å². The van der Waals surface area contributed by atoms with E-state index in [1.54, 1.807) is 6.92 Å². The van der Waals surface area contributed by atoms with Crippen LogP contribution in [0.5, 0.6) is 17.2 Å². The molecule has 0 aliphatic heterocycles. The largest absolute Gasteiger partial charge is 0.490 e. The summed E-state index contributed by atoms with van der Waals surface area (Å²) in [5.41, 5.74) is 3.04. The van der Waals surface area contributed by atoms with Crippen LogP contribution in [0.4, 0.5) is 0 Å². The Morgan fingerprint density at radius 2 is 1.67 bits per heavy atom. The molecular formula is C22H29NO4. The third kappa shape index (κ3) is 5.91. The van der Waals surface area contributed by atoms with E-state index in [1.807, 2.05) is 64.1 Å². The number of hydrogen-bond donors (Lipinski definition) is 1. The fraction of sp³-hybridized carbons (Fsp3) is 0.409. The smallest absolute Gasteiger partial charge is 0.261 e. The molecule has 2 rings (SSSR count). The molecule has 27 heavy (non-hydrogen) atoms. The quantitative estimate of drug-likeness (QED) is 0.718. The number of carbonyl (C=O) groups excluding carboxylic acids is 1. The predicted octanol–water partition coefficient (Wildman–Crippen LogP) is 4.18. The molecule has 1 N–H and O–H groups in total. The third-order valence-electron chi connectivity index (χ3n) is 4.09. The molecule has 146 valence electrons. The van der Waals surface area contributed by atoms with Crippen LogP contribution >= 0.6 is 0 Å². The summed E-state index contributed by atoms with van der Waals surface area (Å²) in [5, 5.41) is 2.91. The molecule has 0 heterocycles. The highest BCUT2D eigenvalue weighted by atomic mass is 16.5. The Labute approximate surface area is 161 Å². The van der Waals surface area contributed by atoms with Crippen molar-refractivity contribution in [2.75, 3.05) is 13.2 Å². The normalized spacial score (nSPS) is 11.6. The van der Waals surface area contributed by atoms with Gasteiger partial charge in [-0.2, -0.15) is 0 Å². The van der Waals surface area contributed by atoms with E-state index in [9.17, 15) is 4.79 Å². The Morgan fingerprint density at radius 1 is 0.963 bits per heavy atom. The molecule has 2 aromatic rings. The first-order valence-corrected chi connectivity index (χ1v) is 9.34. The maximum Gasteiger partial charge on any atom is 0.261 e. The van der Waals surface area contributed by atoms with Crippen LogP contribution in [-0.4, -0.2) is 25.2 Å². The number of nitrogens with one attached hydrogen (secondary N) is 1. The summed E-state index contributed by atoms with van der Waals surface area (Å²) >= 11 is 0. The molecule has 5 heteroatoms. The molecule has 5 nitrogen and oxygen atoms in total. The van der Waals surface area contributed by atoms with Crippen molar-refractivity contribution in [2.45, 2.75) is 47.3 Å². The van der Waals surface area contributed by atoms with Crippen molar-refractivity contribution in [1.29, 1.82) is 0 Å². The zero-order valence-corrected chi connectivity index (χ0v) is 16.8. The lowest BCUT2D eigenvalue weighted by Gasteiger charge is -2.17. The number of ether oxygens (including phenoxy) is 3. The average molecular weight is 371 g/mol. The van der Waals surface area contributed by atoms with Crippen molar-refractivity contribution in [3.05, 3.63) is 53.1 Å². The van der Waals surface area contributed by atoms with E-state index in [2.05, 4.69) is 5.32 Å². The molecule has 0 fully saturated rings. The lowest BCUT2D eigenvalue weighted by molar-refractivity contribution is -0.127. The van der Waals surface area contributed by atoms with Crippen LogP contribution in [0.1, 0.15) is 37.5 Å². The summed E-state index contributed by atoms with van der Waals surface area (Å²) < 4.78 is 17.0. The summed E-state index contributed by atoms with van der Waals surface area (Å²) in [7, 11) is 0. The van der Waals surface area contributed by atoms with Gasteiger partial charge in [-0.05, 0) is 69.5 Å². The Hall–Kier alpha value is -2.69. The summed E-state index contributed by atoms with van der Waals surface area (Å²) in [6.45, 7) is 11.1. The highest BCUT2D eigenvalue weighted by Gasteiger charge is 2.16. The first-order chi connectivity index (χ1) is 12.9. The molecule has 0 saturated heterocycles. The van der Waals surface area contributed by atoms with Gasteiger partial charge in [-0.1, -0.05) is 18.2 Å². The minimum Gasteiger partial charge on any atom is -0.490 e. The maximum absolute atomic E-state index is 12.4. The van der Waals surface area contributed by atoms with Crippen LogP contribution in [0, 0.1) is 13.8 Å². The van der Waals surface area contributed by atoms with Crippen molar-refractivity contribution in [1.82, 2.24) is 5.32 Å². The highest BCUT2D eigenvalue weighted by Crippen LogP contribution is 2.28. The van der Waals surface area contributed by atoms with Gasteiger partial charge in [0.2, 0.25) is 0 Å². The zero-order chi connectivity index (χ0) is 19.8. The topological polar surface area (TPSA) is 56.8 Å². The Bertz CT molecular complexity index is 773. The molecule has 0 bridgehead atoms. The van der Waals surface area contributed by atoms with Crippen LogP contribution in [0.25, 0.3) is 0 Å². The van der Waals surface area contributed by atoms with Gasteiger partial charge in [0.15, 0.2) is 17.6 Å². The van der Waals surface area contributed by atoms with Gasteiger partial charge >= 0.3 is 0 Å². The van der Waals surface area contributed by atoms with Gasteiger partial charge in [0.1, 0.15) is 5.75 Å². The van der Waals surface area contributed by atoms with E-state index >= 15 is 0 Å². The fourth-order valence-corrected chi connectivity index (χ4v) is 2.62. The van der Waals surface area contributed by atoms with Gasteiger partial charge in [0.25, 0.3) is 5.91 Å². The minimum atomic E-state index is -0.584. The number of carbonyl (C=O) groups is 1. The van der Waals surface area contributed by atoms with E-state index in [0.717, 1.165) is 22.4 Å². The molecule has 2 aromatic carbocycles. The standard InChI is InChI=1S/C22H29NO4/c1-6-25-19-11-10-18(13-21(19)26-7-2)14-23-22(24)17(5)27-20-12-15(3)8-9-16(20)4/h8-13,17H,6-7,14H2,1-5H3,(H,23,24)/t17-/m0/s1. The molecule has 0 saturated carbocycles. The van der Waals surface area contributed by atoms with E-state index in [1.165, 1.54) is 0 Å². The molecule has 0 aromatic heterocycles. The van der Waals surface area contributed by atoms with Crippen molar-refractivity contribution in [2.24, 2.45) is 0 Å². The predicted molar refractivity (Wildman–Crippen MR) is 107 cm³/mol. The fourth-order valence-electron chi connectivity index (χ4n) is 2.62. The molecule has 0 radical (unpaired) electrons. The van der Waals surface area contributed by atoms with E-state index < -0.39 is 6.10 Å². The monoisotopic (exact) mass is 371 g/mol. The summed E-state index contributed by atoms with van der Waals surface area (Å²) in [4.78, 5) is 12.4. The first-order valence-electron chi connectivity index (χ1n) is 9.34. The molecule has 0 unspecified atom stereocenters. The van der Waals surface area contributed by atoms with Gasteiger partial charge in [-0.15, -0.1) is 0 Å². The van der Waals surface area contributed by atoms with E-state index in [0.29, 0.717) is 31.3 Å². The average Bonchev–Trinajstić information content (AvgIpc) is 2.65. The van der Waals surface area contributed by atoms with Gasteiger partial charge in [0, 0.05) is 6.54 Å². The summed E-state index contributed by atoms with van der Waals surface area (Å²) in [6, 6.07) is 11.6. The minimum absolute atomic E-state index is 0.164. The van der Waals surface area contributed by atoms with E-state index in [-0.39, 0.29) is 5.91 Å². The number of aryl methyl sites for hydroxylation is 2. The second-order valence-corrected chi connectivity index (χ2v) is 6.39. The van der Waals surface area contributed by atoms with Crippen LogP contribution < -0.4 is 19.5 Å². The molecule has 1 amide bonds. The number of amides is 1. The van der Waals surface area contributed by atoms with Crippen molar-refractivity contribution in [3.63, 3.8) is 0 Å². The van der Waals surface area contributed by atoms with Crippen molar-refractivity contribution in [3.8, 4) is 17.2 Å². The Kier molecular flexibility index (Phi) is 7.53. The SMILES string of the molecule is CCOc1ccc(CNC(=O)[C@H](C)Oc2cc(C)ccc2C)cc1OCC. The second kappa shape index (κ2) is 9.86. The van der Waals surface area contributed by atoms with Gasteiger partial charge in [0.05, 0.1) is 13.2 Å². The van der Waals surface area contributed by atoms with Crippen LogP contribution in [-0.2, 0) is 11.3 Å². The molecule has 0 aliphatic carbocycles. The lowest BCUT2D eigenvalue weighted by Crippen LogP contribution is -2.36. The molecule has 0 aliphatic rings. The highest BCUT2D eigenvalue weighted by molar-refractivity contribution is 5.80. The van der Waals surface area contributed by atoms with Crippen LogP contribution in [0.3, 0.4) is 0 Å². The molecular weight excluding hydrogens is 342 g/mol. The molecule has 0 spiro atoms. The van der Waals surface area contributed by atoms with Gasteiger partial charge < -0.3 is 19.5 Å². The van der Waals surface area contributed by atoms with Gasteiger partial charge in [-0.3, -0.25) is 4.79 Å². The Morgan fingerprint density at radius 3 is 2.37 bits per heavy atom. The number of benzene rings is 2. The Balaban J connectivity index is 1.97. The van der Waals surface area contributed by atoms with E-state index in [4.69, 9.17) is 14.2 Å². The first kappa shape index (κ1) is 20.6.